The van der Waals surface area contributed by atoms with Gasteiger partial charge in [0.2, 0.25) is 0 Å². The second-order valence-electron chi connectivity index (χ2n) is 10.2. The maximum atomic E-state index is 12.9. The van der Waals surface area contributed by atoms with Gasteiger partial charge < -0.3 is 30.5 Å². The number of nitrogens with one attached hydrogen (secondary N) is 3. The Labute approximate surface area is 255 Å². The summed E-state index contributed by atoms with van der Waals surface area (Å²) in [6.07, 6.45) is 0. The number of nitrogen functional groups attached to an aromatic ring is 1. The van der Waals surface area contributed by atoms with Gasteiger partial charge in [0.05, 0.1) is 25.5 Å². The summed E-state index contributed by atoms with van der Waals surface area (Å²) >= 11 is 0. The number of fused-ring (bicyclic) bond motifs is 2. The lowest BCUT2D eigenvalue weighted by Crippen LogP contribution is -2.14. The Morgan fingerprint density at radius 2 is 1.20 bits per heavy atom. The van der Waals surface area contributed by atoms with Crippen LogP contribution < -0.4 is 20.5 Å². The number of methoxy groups -OCH3 is 2. The van der Waals surface area contributed by atoms with Crippen molar-refractivity contribution >= 4 is 39.1 Å². The average molecular weight is 581 g/mol. The summed E-state index contributed by atoms with van der Waals surface area (Å²) in [7, 11) is 3.11. The van der Waals surface area contributed by atoms with Crippen molar-refractivity contribution in [1.29, 1.82) is 0 Å². The van der Waals surface area contributed by atoms with E-state index >= 15 is 0 Å². The Hall–Kier alpha value is -5.95. The first-order valence-electron chi connectivity index (χ1n) is 14.2. The predicted molar refractivity (Wildman–Crippen MR) is 179 cm³/mol. The number of hydrogen-bond donors (Lipinski definition) is 4. The smallest absolute Gasteiger partial charge is 0.259 e. The number of aromatic amines is 2. The van der Waals surface area contributed by atoms with Crippen molar-refractivity contribution in [2.75, 3.05) is 25.3 Å². The second-order valence-corrected chi connectivity index (χ2v) is 10.2. The highest BCUT2D eigenvalue weighted by molar-refractivity contribution is 6.08. The maximum Gasteiger partial charge on any atom is 0.259 e. The number of para-hydroxylation sites is 4. The van der Waals surface area contributed by atoms with Gasteiger partial charge in [0.15, 0.2) is 0 Å². The zero-order valence-electron chi connectivity index (χ0n) is 24.4. The van der Waals surface area contributed by atoms with E-state index in [2.05, 4.69) is 45.6 Å². The molecule has 5 N–H and O–H groups in total. The van der Waals surface area contributed by atoms with E-state index in [1.165, 1.54) is 12.5 Å². The molecule has 0 fully saturated rings. The molecule has 0 spiro atoms. The second kappa shape index (κ2) is 12.5. The van der Waals surface area contributed by atoms with Crippen LogP contribution in [-0.4, -0.2) is 30.1 Å². The summed E-state index contributed by atoms with van der Waals surface area (Å²) in [6.45, 7) is 0. The molecule has 7 nitrogen and oxygen atoms in total. The van der Waals surface area contributed by atoms with Gasteiger partial charge in [0.1, 0.15) is 11.5 Å². The molecular weight excluding hydrogens is 548 g/mol. The van der Waals surface area contributed by atoms with Crippen LogP contribution in [0.3, 0.4) is 0 Å². The van der Waals surface area contributed by atoms with Gasteiger partial charge in [-0.1, -0.05) is 72.8 Å². The number of carbonyl (C=O) groups excluding carboxylic acids is 1. The van der Waals surface area contributed by atoms with Crippen LogP contribution >= 0.6 is 0 Å². The number of anilines is 2. The minimum absolute atomic E-state index is 0.247. The van der Waals surface area contributed by atoms with E-state index in [-0.39, 0.29) is 5.91 Å². The van der Waals surface area contributed by atoms with Crippen LogP contribution in [0.1, 0.15) is 10.4 Å². The number of amides is 1. The largest absolute Gasteiger partial charge is 0.497 e. The Morgan fingerprint density at radius 1 is 0.636 bits per heavy atom. The first kappa shape index (κ1) is 28.2. The molecule has 5 aromatic carbocycles. The third-order valence-corrected chi connectivity index (χ3v) is 7.43. The van der Waals surface area contributed by atoms with Crippen LogP contribution in [0.15, 0.2) is 127 Å². The van der Waals surface area contributed by atoms with Gasteiger partial charge >= 0.3 is 0 Å². The van der Waals surface area contributed by atoms with Crippen LogP contribution in [-0.2, 0) is 0 Å². The molecule has 218 valence electrons. The first-order chi connectivity index (χ1) is 21.5. The molecule has 0 radical (unpaired) electrons. The molecule has 0 atom stereocenters. The standard InChI is InChI=1S/C23H20N2O3.C14H12N2/c1-27-16-11-12-18(22(14-16)28-2)23(26)25-20-10-6-4-8-17(20)21-13-15-7-3-5-9-19(15)24-21;15-12-7-3-2-6-11(12)14-9-10-5-1-4-8-13(10)16-14/h3-14,24H,1-2H3,(H,25,26);1-9,16H,15H2. The molecule has 0 bridgehead atoms. The summed E-state index contributed by atoms with van der Waals surface area (Å²) in [4.78, 5) is 19.7. The molecule has 0 aliphatic rings. The fraction of sp³-hybridized carbons (Fsp3) is 0.0541. The Morgan fingerprint density at radius 3 is 1.82 bits per heavy atom. The summed E-state index contributed by atoms with van der Waals surface area (Å²) in [5, 5.41) is 5.33. The lowest BCUT2D eigenvalue weighted by Gasteiger charge is -2.13. The van der Waals surface area contributed by atoms with Gasteiger partial charge in [-0.05, 0) is 48.5 Å². The SMILES string of the molecule is COc1ccc(C(=O)Nc2ccccc2-c2cc3ccccc3[nH]2)c(OC)c1.Nc1ccccc1-c1cc2ccccc2[nH]1. The monoisotopic (exact) mass is 580 g/mol. The van der Waals surface area contributed by atoms with Crippen LogP contribution in [0.4, 0.5) is 11.4 Å². The molecule has 2 heterocycles. The van der Waals surface area contributed by atoms with Crippen LogP contribution in [0.5, 0.6) is 11.5 Å². The predicted octanol–water partition coefficient (Wildman–Crippen LogP) is 8.52. The number of ether oxygens (including phenoxy) is 2. The van der Waals surface area contributed by atoms with E-state index in [0.717, 1.165) is 50.3 Å². The summed E-state index contributed by atoms with van der Waals surface area (Å²) < 4.78 is 10.6. The summed E-state index contributed by atoms with van der Waals surface area (Å²) in [5.41, 5.74) is 14.1. The number of H-pyrrole nitrogens is 2. The quantitative estimate of drug-likeness (QED) is 0.148. The molecule has 7 rings (SSSR count). The van der Waals surface area contributed by atoms with Crippen molar-refractivity contribution in [1.82, 2.24) is 9.97 Å². The van der Waals surface area contributed by atoms with Gasteiger partial charge in [0, 0.05) is 56.1 Å². The van der Waals surface area contributed by atoms with E-state index in [1.54, 1.807) is 25.3 Å². The highest BCUT2D eigenvalue weighted by Crippen LogP contribution is 2.32. The minimum Gasteiger partial charge on any atom is -0.497 e. The molecule has 0 saturated carbocycles. The van der Waals surface area contributed by atoms with Crippen LogP contribution in [0.2, 0.25) is 0 Å². The minimum atomic E-state index is -0.247. The van der Waals surface area contributed by atoms with Gasteiger partial charge in [0.25, 0.3) is 5.91 Å². The zero-order chi connectivity index (χ0) is 30.5. The van der Waals surface area contributed by atoms with Gasteiger partial charge in [-0.2, -0.15) is 0 Å². The molecule has 0 aliphatic carbocycles. The molecule has 0 aliphatic heterocycles. The molecular formula is C37H32N4O3. The van der Waals surface area contributed by atoms with Crippen molar-refractivity contribution in [2.24, 2.45) is 0 Å². The van der Waals surface area contributed by atoms with Gasteiger partial charge in [-0.15, -0.1) is 0 Å². The molecule has 2 aromatic heterocycles. The third-order valence-electron chi connectivity index (χ3n) is 7.43. The van der Waals surface area contributed by atoms with Crippen molar-refractivity contribution in [3.8, 4) is 34.0 Å². The number of rotatable bonds is 6. The molecule has 1 amide bonds. The lowest BCUT2D eigenvalue weighted by atomic mass is 10.1. The number of nitrogens with two attached hydrogens (primary N) is 1. The van der Waals surface area contributed by atoms with E-state index in [1.807, 2.05) is 78.9 Å². The fourth-order valence-electron chi connectivity index (χ4n) is 5.18. The summed E-state index contributed by atoms with van der Waals surface area (Å²) in [6, 6.07) is 41.2. The number of hydrogen-bond acceptors (Lipinski definition) is 4. The number of aromatic nitrogens is 2. The maximum absolute atomic E-state index is 12.9. The molecule has 0 saturated heterocycles. The highest BCUT2D eigenvalue weighted by atomic mass is 16.5. The van der Waals surface area contributed by atoms with E-state index < -0.39 is 0 Å². The molecule has 7 aromatic rings. The Bertz CT molecular complexity index is 2010. The first-order valence-corrected chi connectivity index (χ1v) is 14.2. The van der Waals surface area contributed by atoms with E-state index in [4.69, 9.17) is 15.2 Å². The fourth-order valence-corrected chi connectivity index (χ4v) is 5.18. The topological polar surface area (TPSA) is 105 Å². The lowest BCUT2D eigenvalue weighted by molar-refractivity contribution is 0.102. The molecule has 7 heteroatoms. The molecule has 44 heavy (non-hydrogen) atoms. The summed E-state index contributed by atoms with van der Waals surface area (Å²) in [5.74, 6) is 0.842. The third kappa shape index (κ3) is 5.84. The van der Waals surface area contributed by atoms with Crippen molar-refractivity contribution in [3.05, 3.63) is 133 Å². The van der Waals surface area contributed by atoms with Crippen molar-refractivity contribution in [2.45, 2.75) is 0 Å². The van der Waals surface area contributed by atoms with Crippen LogP contribution in [0, 0.1) is 0 Å². The Kier molecular flexibility index (Phi) is 8.01. The normalized spacial score (nSPS) is 10.7. The van der Waals surface area contributed by atoms with Crippen molar-refractivity contribution in [3.63, 3.8) is 0 Å². The van der Waals surface area contributed by atoms with E-state index in [0.29, 0.717) is 17.1 Å². The van der Waals surface area contributed by atoms with Gasteiger partial charge in [-0.3, -0.25) is 4.79 Å². The molecule has 0 unspecified atom stereocenters. The zero-order valence-corrected chi connectivity index (χ0v) is 24.4. The highest BCUT2D eigenvalue weighted by Gasteiger charge is 2.16. The number of benzene rings is 5. The average Bonchev–Trinajstić information content (AvgIpc) is 3.70. The van der Waals surface area contributed by atoms with E-state index in [9.17, 15) is 4.79 Å². The van der Waals surface area contributed by atoms with Crippen LogP contribution in [0.25, 0.3) is 44.3 Å². The van der Waals surface area contributed by atoms with Crippen molar-refractivity contribution < 1.29 is 14.3 Å². The van der Waals surface area contributed by atoms with Gasteiger partial charge in [-0.25, -0.2) is 0 Å². The number of carbonyl (C=O) groups is 1. The Balaban J connectivity index is 0.000000181.